The Morgan fingerprint density at radius 2 is 2.43 bits per heavy atom. The molecule has 1 aliphatic rings. The van der Waals surface area contributed by atoms with E-state index in [1.54, 1.807) is 12.3 Å². The molecule has 0 bridgehead atoms. The zero-order chi connectivity index (χ0) is 9.80. The zero-order valence-electron chi connectivity index (χ0n) is 8.15. The van der Waals surface area contributed by atoms with E-state index in [1.165, 1.54) is 23.6 Å². The predicted octanol–water partition coefficient (Wildman–Crippen LogP) is 0.243. The van der Waals surface area contributed by atoms with E-state index in [9.17, 15) is 4.79 Å². The zero-order valence-corrected chi connectivity index (χ0v) is 8.15. The minimum absolute atomic E-state index is 0.0271. The van der Waals surface area contributed by atoms with Crippen LogP contribution in [0.2, 0.25) is 0 Å². The maximum atomic E-state index is 11.2. The van der Waals surface area contributed by atoms with Crippen LogP contribution in [0.15, 0.2) is 23.1 Å². The van der Waals surface area contributed by atoms with Crippen LogP contribution in [0, 0.1) is 5.92 Å². The molecule has 2 rings (SSSR count). The second-order valence-electron chi connectivity index (χ2n) is 3.73. The molecule has 0 aromatic carbocycles. The quantitative estimate of drug-likeness (QED) is 0.681. The maximum absolute atomic E-state index is 11.2. The Morgan fingerprint density at radius 1 is 1.57 bits per heavy atom. The first-order valence-electron chi connectivity index (χ1n) is 5.09. The lowest BCUT2D eigenvalue weighted by Crippen LogP contribution is -2.28. The van der Waals surface area contributed by atoms with Crippen molar-refractivity contribution in [3.63, 3.8) is 0 Å². The normalized spacial score (nSPS) is 15.7. The number of aromatic nitrogens is 2. The molecule has 4 heteroatoms. The number of hydrogen-bond donors (Lipinski definition) is 1. The highest BCUT2D eigenvalue weighted by Gasteiger charge is 2.19. The van der Waals surface area contributed by atoms with Crippen LogP contribution in [0.4, 0.5) is 0 Å². The summed E-state index contributed by atoms with van der Waals surface area (Å²) in [6.07, 6.45) is 4.36. The third-order valence-electron chi connectivity index (χ3n) is 2.42. The highest BCUT2D eigenvalue weighted by molar-refractivity contribution is 4.84. The Morgan fingerprint density at radius 3 is 3.14 bits per heavy atom. The van der Waals surface area contributed by atoms with Gasteiger partial charge in [-0.2, -0.15) is 5.10 Å². The van der Waals surface area contributed by atoms with Crippen molar-refractivity contribution in [2.45, 2.75) is 19.4 Å². The molecule has 76 valence electrons. The summed E-state index contributed by atoms with van der Waals surface area (Å²) < 4.78 is 1.49. The fourth-order valence-corrected chi connectivity index (χ4v) is 1.37. The Labute approximate surface area is 82.9 Å². The molecule has 1 aliphatic carbocycles. The lowest BCUT2D eigenvalue weighted by atomic mass is 10.4. The summed E-state index contributed by atoms with van der Waals surface area (Å²) in [5, 5.41) is 7.30. The smallest absolute Gasteiger partial charge is 0.266 e. The van der Waals surface area contributed by atoms with Crippen LogP contribution in [0.3, 0.4) is 0 Å². The molecule has 0 unspecified atom stereocenters. The first kappa shape index (κ1) is 9.40. The van der Waals surface area contributed by atoms with Gasteiger partial charge < -0.3 is 5.32 Å². The standard InChI is InChI=1S/C10H15N3O/c14-10-2-1-5-12-13(10)7-6-11-8-9-3-4-9/h1-2,5,9,11H,3-4,6-8H2. The summed E-state index contributed by atoms with van der Waals surface area (Å²) in [6, 6.07) is 3.20. The van der Waals surface area contributed by atoms with Crippen molar-refractivity contribution in [2.75, 3.05) is 13.1 Å². The van der Waals surface area contributed by atoms with Crippen LogP contribution >= 0.6 is 0 Å². The molecule has 1 N–H and O–H groups in total. The summed E-state index contributed by atoms with van der Waals surface area (Å²) in [4.78, 5) is 11.2. The van der Waals surface area contributed by atoms with Gasteiger partial charge in [-0.3, -0.25) is 4.79 Å². The van der Waals surface area contributed by atoms with Gasteiger partial charge in [-0.25, -0.2) is 4.68 Å². The van der Waals surface area contributed by atoms with Gasteiger partial charge in [0.1, 0.15) is 0 Å². The van der Waals surface area contributed by atoms with E-state index in [0.717, 1.165) is 19.0 Å². The molecule has 0 spiro atoms. The first-order valence-corrected chi connectivity index (χ1v) is 5.09. The van der Waals surface area contributed by atoms with E-state index in [-0.39, 0.29) is 5.56 Å². The van der Waals surface area contributed by atoms with Crippen molar-refractivity contribution in [3.8, 4) is 0 Å². The molecule has 1 aromatic rings. The van der Waals surface area contributed by atoms with E-state index < -0.39 is 0 Å². The Hall–Kier alpha value is -1.16. The molecule has 1 saturated carbocycles. The highest BCUT2D eigenvalue weighted by Crippen LogP contribution is 2.27. The lowest BCUT2D eigenvalue weighted by Gasteiger charge is -2.04. The molecule has 0 aliphatic heterocycles. The fraction of sp³-hybridized carbons (Fsp3) is 0.600. The van der Waals surface area contributed by atoms with Gasteiger partial charge >= 0.3 is 0 Å². The van der Waals surface area contributed by atoms with Crippen LogP contribution in [0.25, 0.3) is 0 Å². The number of hydrogen-bond acceptors (Lipinski definition) is 3. The summed E-state index contributed by atoms with van der Waals surface area (Å²) in [5.41, 5.74) is -0.0271. The number of rotatable bonds is 5. The first-order chi connectivity index (χ1) is 6.86. The molecule has 1 aromatic heterocycles. The van der Waals surface area contributed by atoms with Crippen molar-refractivity contribution in [2.24, 2.45) is 5.92 Å². The second-order valence-corrected chi connectivity index (χ2v) is 3.73. The van der Waals surface area contributed by atoms with E-state index in [0.29, 0.717) is 6.54 Å². The van der Waals surface area contributed by atoms with E-state index >= 15 is 0 Å². The molecule has 1 heterocycles. The van der Waals surface area contributed by atoms with Crippen molar-refractivity contribution in [1.82, 2.24) is 15.1 Å². The van der Waals surface area contributed by atoms with Crippen LogP contribution < -0.4 is 10.9 Å². The van der Waals surface area contributed by atoms with E-state index in [2.05, 4.69) is 10.4 Å². The molecule has 14 heavy (non-hydrogen) atoms. The average molecular weight is 193 g/mol. The fourth-order valence-electron chi connectivity index (χ4n) is 1.37. The highest BCUT2D eigenvalue weighted by atomic mass is 16.1. The van der Waals surface area contributed by atoms with Gasteiger partial charge in [0.2, 0.25) is 0 Å². The van der Waals surface area contributed by atoms with Gasteiger partial charge in [-0.15, -0.1) is 0 Å². The SMILES string of the molecule is O=c1cccnn1CCNCC1CC1. The minimum Gasteiger partial charge on any atom is -0.315 e. The third kappa shape index (κ3) is 2.67. The average Bonchev–Trinajstić information content (AvgIpc) is 2.99. The predicted molar refractivity (Wildman–Crippen MR) is 54.1 cm³/mol. The monoisotopic (exact) mass is 193 g/mol. The molecule has 0 radical (unpaired) electrons. The van der Waals surface area contributed by atoms with Gasteiger partial charge in [0.15, 0.2) is 0 Å². The van der Waals surface area contributed by atoms with Crippen LogP contribution in [0.5, 0.6) is 0 Å². The lowest BCUT2D eigenvalue weighted by molar-refractivity contribution is 0.522. The van der Waals surface area contributed by atoms with Crippen LogP contribution in [0.1, 0.15) is 12.8 Å². The Balaban J connectivity index is 1.73. The third-order valence-corrected chi connectivity index (χ3v) is 2.42. The molecule has 0 amide bonds. The summed E-state index contributed by atoms with van der Waals surface area (Å²) >= 11 is 0. The van der Waals surface area contributed by atoms with Crippen LogP contribution in [-0.2, 0) is 6.54 Å². The number of nitrogens with one attached hydrogen (secondary N) is 1. The minimum atomic E-state index is -0.0271. The molecule has 0 atom stereocenters. The van der Waals surface area contributed by atoms with Crippen molar-refractivity contribution < 1.29 is 0 Å². The Bertz CT molecular complexity index is 343. The van der Waals surface area contributed by atoms with Crippen molar-refractivity contribution >= 4 is 0 Å². The molecular weight excluding hydrogens is 178 g/mol. The van der Waals surface area contributed by atoms with Crippen LogP contribution in [-0.4, -0.2) is 22.9 Å². The molecule has 1 fully saturated rings. The van der Waals surface area contributed by atoms with Gasteiger partial charge in [-0.05, 0) is 31.4 Å². The molecule has 0 saturated heterocycles. The van der Waals surface area contributed by atoms with Gasteiger partial charge in [0, 0.05) is 18.8 Å². The second kappa shape index (κ2) is 4.37. The maximum Gasteiger partial charge on any atom is 0.266 e. The van der Waals surface area contributed by atoms with Crippen molar-refractivity contribution in [3.05, 3.63) is 28.7 Å². The van der Waals surface area contributed by atoms with Gasteiger partial charge in [0.25, 0.3) is 5.56 Å². The summed E-state index contributed by atoms with van der Waals surface area (Å²) in [7, 11) is 0. The van der Waals surface area contributed by atoms with E-state index in [4.69, 9.17) is 0 Å². The Kier molecular flexibility index (Phi) is 2.93. The summed E-state index contributed by atoms with van der Waals surface area (Å²) in [6.45, 7) is 2.57. The molecular formula is C10H15N3O. The van der Waals surface area contributed by atoms with E-state index in [1.807, 2.05) is 0 Å². The topological polar surface area (TPSA) is 46.9 Å². The van der Waals surface area contributed by atoms with Crippen molar-refractivity contribution in [1.29, 1.82) is 0 Å². The van der Waals surface area contributed by atoms with Gasteiger partial charge in [0.05, 0.1) is 6.54 Å². The van der Waals surface area contributed by atoms with Gasteiger partial charge in [-0.1, -0.05) is 0 Å². The largest absolute Gasteiger partial charge is 0.315 e. The summed E-state index contributed by atoms with van der Waals surface area (Å²) in [5.74, 6) is 0.885. The molecule has 4 nitrogen and oxygen atoms in total. The number of nitrogens with zero attached hydrogens (tertiary/aromatic N) is 2.